The maximum absolute atomic E-state index is 13.4. The standard InChI is InChI=1S/C28H27N5O4/c1-16(2)24-30-25(37-32-24)21-11-7-8-17(3)23(21)29-22(34)15-33-26(35)28(4,31-27(33)36)20-13-12-18-9-5-6-10-19(18)14-20/h5-14,16H,15H2,1-4H3,(H,29,34)(H,31,36). The molecule has 5 rings (SSSR count). The number of nitrogens with zero attached hydrogens (tertiary/aromatic N) is 3. The van der Waals surface area contributed by atoms with Crippen LogP contribution in [0.25, 0.3) is 22.2 Å². The van der Waals surface area contributed by atoms with Gasteiger partial charge in [-0.1, -0.05) is 67.5 Å². The van der Waals surface area contributed by atoms with Crippen LogP contribution in [0.5, 0.6) is 0 Å². The highest BCUT2D eigenvalue weighted by molar-refractivity contribution is 6.11. The first-order valence-corrected chi connectivity index (χ1v) is 12.0. The van der Waals surface area contributed by atoms with Gasteiger partial charge in [0.05, 0.1) is 11.3 Å². The number of hydrogen-bond donors (Lipinski definition) is 2. The zero-order valence-corrected chi connectivity index (χ0v) is 21.0. The molecule has 1 atom stereocenters. The molecular weight excluding hydrogens is 470 g/mol. The van der Waals surface area contributed by atoms with Gasteiger partial charge in [0, 0.05) is 5.92 Å². The molecule has 1 saturated heterocycles. The molecule has 0 saturated carbocycles. The summed E-state index contributed by atoms with van der Waals surface area (Å²) >= 11 is 0. The molecule has 0 spiro atoms. The van der Waals surface area contributed by atoms with Crippen molar-refractivity contribution in [2.24, 2.45) is 0 Å². The van der Waals surface area contributed by atoms with Crippen LogP contribution in [0.15, 0.2) is 65.2 Å². The number of imide groups is 1. The van der Waals surface area contributed by atoms with Crippen LogP contribution in [0.1, 0.15) is 43.6 Å². The maximum Gasteiger partial charge on any atom is 0.325 e. The molecule has 1 unspecified atom stereocenters. The number of benzene rings is 3. The lowest BCUT2D eigenvalue weighted by atomic mass is 9.90. The van der Waals surface area contributed by atoms with Gasteiger partial charge in [-0.15, -0.1) is 0 Å². The number of aryl methyl sites for hydroxylation is 1. The number of fused-ring (bicyclic) bond motifs is 1. The molecule has 1 aliphatic heterocycles. The van der Waals surface area contributed by atoms with E-state index < -0.39 is 29.9 Å². The average Bonchev–Trinajstić information content (AvgIpc) is 3.45. The third-order valence-corrected chi connectivity index (χ3v) is 6.63. The van der Waals surface area contributed by atoms with Gasteiger partial charge in [0.25, 0.3) is 11.8 Å². The first kappa shape index (κ1) is 24.2. The molecule has 0 aliphatic carbocycles. The Morgan fingerprint density at radius 2 is 1.84 bits per heavy atom. The number of carbonyl (C=O) groups excluding carboxylic acids is 3. The van der Waals surface area contributed by atoms with Gasteiger partial charge >= 0.3 is 6.03 Å². The Morgan fingerprint density at radius 1 is 1.08 bits per heavy atom. The SMILES string of the molecule is Cc1cccc(-c2nc(C(C)C)no2)c1NC(=O)CN1C(=O)NC(C)(c2ccc3ccccc3c2)C1=O. The number of carbonyl (C=O) groups is 3. The normalized spacial score (nSPS) is 17.5. The number of urea groups is 1. The van der Waals surface area contributed by atoms with Crippen molar-refractivity contribution in [1.82, 2.24) is 20.4 Å². The van der Waals surface area contributed by atoms with Gasteiger partial charge in [0.15, 0.2) is 5.82 Å². The number of hydrogen-bond acceptors (Lipinski definition) is 6. The maximum atomic E-state index is 13.4. The molecule has 4 amide bonds. The highest BCUT2D eigenvalue weighted by atomic mass is 16.5. The molecule has 9 heteroatoms. The summed E-state index contributed by atoms with van der Waals surface area (Å²) in [6, 6.07) is 18.2. The number of rotatable bonds is 6. The van der Waals surface area contributed by atoms with Gasteiger partial charge in [0.1, 0.15) is 12.1 Å². The van der Waals surface area contributed by atoms with Gasteiger partial charge in [0.2, 0.25) is 5.91 Å². The zero-order valence-electron chi connectivity index (χ0n) is 21.0. The van der Waals surface area contributed by atoms with E-state index in [1.54, 1.807) is 13.0 Å². The Labute approximate surface area is 213 Å². The van der Waals surface area contributed by atoms with Crippen LogP contribution >= 0.6 is 0 Å². The molecule has 37 heavy (non-hydrogen) atoms. The zero-order chi connectivity index (χ0) is 26.3. The second-order valence-electron chi connectivity index (χ2n) is 9.67. The third-order valence-electron chi connectivity index (χ3n) is 6.63. The minimum absolute atomic E-state index is 0.0805. The van der Waals surface area contributed by atoms with Crippen molar-refractivity contribution in [3.63, 3.8) is 0 Å². The van der Waals surface area contributed by atoms with E-state index >= 15 is 0 Å². The first-order valence-electron chi connectivity index (χ1n) is 12.0. The highest BCUT2D eigenvalue weighted by Crippen LogP contribution is 2.33. The van der Waals surface area contributed by atoms with Crippen molar-refractivity contribution in [3.05, 3.63) is 77.6 Å². The quantitative estimate of drug-likeness (QED) is 0.372. The van der Waals surface area contributed by atoms with Crippen molar-refractivity contribution in [2.45, 2.75) is 39.2 Å². The molecule has 3 aromatic carbocycles. The van der Waals surface area contributed by atoms with E-state index in [0.717, 1.165) is 21.2 Å². The Morgan fingerprint density at radius 3 is 2.57 bits per heavy atom. The summed E-state index contributed by atoms with van der Waals surface area (Å²) in [6.45, 7) is 6.96. The van der Waals surface area contributed by atoms with Gasteiger partial charge in [-0.25, -0.2) is 4.79 Å². The van der Waals surface area contributed by atoms with E-state index in [9.17, 15) is 14.4 Å². The van der Waals surface area contributed by atoms with Crippen LogP contribution in [0.2, 0.25) is 0 Å². The fraction of sp³-hybridized carbons (Fsp3) is 0.250. The first-order chi connectivity index (χ1) is 17.7. The highest BCUT2D eigenvalue weighted by Gasteiger charge is 2.49. The summed E-state index contributed by atoms with van der Waals surface area (Å²) < 4.78 is 5.42. The molecule has 1 aromatic heterocycles. The van der Waals surface area contributed by atoms with Crippen molar-refractivity contribution in [3.8, 4) is 11.5 Å². The molecular formula is C28H27N5O4. The van der Waals surface area contributed by atoms with Crippen LogP contribution in [0.4, 0.5) is 10.5 Å². The van der Waals surface area contributed by atoms with E-state index in [4.69, 9.17) is 4.52 Å². The van der Waals surface area contributed by atoms with E-state index in [1.165, 1.54) is 0 Å². The third kappa shape index (κ3) is 4.33. The molecule has 188 valence electrons. The summed E-state index contributed by atoms with van der Waals surface area (Å²) in [7, 11) is 0. The molecule has 0 radical (unpaired) electrons. The van der Waals surface area contributed by atoms with E-state index in [2.05, 4.69) is 20.8 Å². The van der Waals surface area contributed by atoms with Crippen LogP contribution in [-0.4, -0.2) is 39.4 Å². The minimum Gasteiger partial charge on any atom is -0.334 e. The van der Waals surface area contributed by atoms with Crippen LogP contribution in [-0.2, 0) is 15.1 Å². The molecule has 0 bridgehead atoms. The number of nitrogens with one attached hydrogen (secondary N) is 2. The van der Waals surface area contributed by atoms with E-state index in [0.29, 0.717) is 22.6 Å². The molecule has 2 N–H and O–H groups in total. The average molecular weight is 498 g/mol. The number of aromatic nitrogens is 2. The van der Waals surface area contributed by atoms with E-state index in [-0.39, 0.29) is 11.8 Å². The monoisotopic (exact) mass is 497 g/mol. The summed E-state index contributed by atoms with van der Waals surface area (Å²) in [4.78, 5) is 44.7. The van der Waals surface area contributed by atoms with Crippen LogP contribution < -0.4 is 10.6 Å². The number of amides is 4. The fourth-order valence-corrected chi connectivity index (χ4v) is 4.45. The smallest absolute Gasteiger partial charge is 0.325 e. The van der Waals surface area contributed by atoms with Crippen molar-refractivity contribution >= 4 is 34.3 Å². The second-order valence-corrected chi connectivity index (χ2v) is 9.67. The fourth-order valence-electron chi connectivity index (χ4n) is 4.45. The Kier molecular flexibility index (Phi) is 5.99. The van der Waals surface area contributed by atoms with Gasteiger partial charge in [-0.3, -0.25) is 14.5 Å². The minimum atomic E-state index is -1.29. The summed E-state index contributed by atoms with van der Waals surface area (Å²) in [5, 5.41) is 11.6. The van der Waals surface area contributed by atoms with Gasteiger partial charge < -0.3 is 15.2 Å². The summed E-state index contributed by atoms with van der Waals surface area (Å²) in [5.41, 5.74) is 1.17. The molecule has 1 fully saturated rings. The summed E-state index contributed by atoms with van der Waals surface area (Å²) in [5.74, 6) is -0.101. The number of anilines is 1. The van der Waals surface area contributed by atoms with E-state index in [1.807, 2.05) is 75.4 Å². The second kappa shape index (κ2) is 9.16. The van der Waals surface area contributed by atoms with Crippen LogP contribution in [0, 0.1) is 6.92 Å². The predicted molar refractivity (Wildman–Crippen MR) is 139 cm³/mol. The lowest BCUT2D eigenvalue weighted by Gasteiger charge is -2.22. The molecule has 9 nitrogen and oxygen atoms in total. The van der Waals surface area contributed by atoms with Crippen LogP contribution in [0.3, 0.4) is 0 Å². The largest absolute Gasteiger partial charge is 0.334 e. The lowest BCUT2D eigenvalue weighted by Crippen LogP contribution is -2.42. The van der Waals surface area contributed by atoms with Crippen molar-refractivity contribution in [2.75, 3.05) is 11.9 Å². The lowest BCUT2D eigenvalue weighted by molar-refractivity contribution is -0.133. The molecule has 2 heterocycles. The molecule has 4 aromatic rings. The van der Waals surface area contributed by atoms with Gasteiger partial charge in [-0.2, -0.15) is 4.98 Å². The topological polar surface area (TPSA) is 117 Å². The Balaban J connectivity index is 1.37. The Hall–Kier alpha value is -4.53. The summed E-state index contributed by atoms with van der Waals surface area (Å²) in [6.07, 6.45) is 0. The van der Waals surface area contributed by atoms with Crippen molar-refractivity contribution < 1.29 is 18.9 Å². The predicted octanol–water partition coefficient (Wildman–Crippen LogP) is 4.73. The number of para-hydroxylation sites is 1. The van der Waals surface area contributed by atoms with Crippen molar-refractivity contribution in [1.29, 1.82) is 0 Å². The molecule has 1 aliphatic rings. The van der Waals surface area contributed by atoms with Gasteiger partial charge in [-0.05, 0) is 47.9 Å². The Bertz CT molecular complexity index is 1540.